The highest BCUT2D eigenvalue weighted by molar-refractivity contribution is 14.0. The minimum atomic E-state index is -0.751. The monoisotopic (exact) mass is 425 g/mol. The van der Waals surface area contributed by atoms with Crippen LogP contribution in [0.4, 0.5) is 4.79 Å². The van der Waals surface area contributed by atoms with Gasteiger partial charge in [-0.2, -0.15) is 0 Å². The molecule has 0 saturated carbocycles. The molecule has 0 aromatic heterocycles. The van der Waals surface area contributed by atoms with Crippen LogP contribution in [0.1, 0.15) is 26.7 Å². The van der Waals surface area contributed by atoms with Gasteiger partial charge in [0.25, 0.3) is 5.91 Å². The van der Waals surface area contributed by atoms with E-state index in [0.29, 0.717) is 25.9 Å². The smallest absolute Gasteiger partial charge is 0.325 e. The Bertz CT molecular complexity index is 429. The molecule has 1 fully saturated rings. The van der Waals surface area contributed by atoms with Crippen LogP contribution in [-0.4, -0.2) is 79.4 Å². The van der Waals surface area contributed by atoms with E-state index in [1.54, 1.807) is 6.92 Å². The third kappa shape index (κ3) is 4.72. The van der Waals surface area contributed by atoms with Crippen molar-refractivity contribution in [1.82, 2.24) is 20.0 Å². The zero-order chi connectivity index (χ0) is 16.2. The van der Waals surface area contributed by atoms with Crippen LogP contribution in [0.25, 0.3) is 0 Å². The molecule has 1 unspecified atom stereocenters. The third-order valence-electron chi connectivity index (χ3n) is 3.65. The molecule has 8 heteroatoms. The summed E-state index contributed by atoms with van der Waals surface area (Å²) < 4.78 is 0. The van der Waals surface area contributed by atoms with Gasteiger partial charge in [0, 0.05) is 41.3 Å². The Labute approximate surface area is 150 Å². The summed E-state index contributed by atoms with van der Waals surface area (Å²) in [5.74, 6) is 0.727. The molecule has 3 amide bonds. The Morgan fingerprint density at radius 1 is 1.23 bits per heavy atom. The van der Waals surface area contributed by atoms with Crippen molar-refractivity contribution in [3.63, 3.8) is 0 Å². The fourth-order valence-electron chi connectivity index (χ4n) is 2.28. The molecule has 0 spiro atoms. The van der Waals surface area contributed by atoms with Crippen LogP contribution in [0.2, 0.25) is 0 Å². The van der Waals surface area contributed by atoms with Crippen LogP contribution >= 0.6 is 24.0 Å². The number of nitrogens with one attached hydrogen (secondary N) is 1. The van der Waals surface area contributed by atoms with E-state index in [4.69, 9.17) is 0 Å². The maximum Gasteiger partial charge on any atom is 0.325 e. The predicted octanol–water partition coefficient (Wildman–Crippen LogP) is 1.19. The lowest BCUT2D eigenvalue weighted by Crippen LogP contribution is -2.43. The second-order valence-corrected chi connectivity index (χ2v) is 5.90. The first kappa shape index (κ1) is 20.9. The van der Waals surface area contributed by atoms with Crippen molar-refractivity contribution in [2.75, 3.05) is 41.3 Å². The number of hydrogen-bond acceptors (Lipinski definition) is 3. The molecule has 1 heterocycles. The Kier molecular flexibility index (Phi) is 8.13. The zero-order valence-electron chi connectivity index (χ0n) is 14.3. The SMILES string of the molecule is CCC1(C)NC(=O)N(CCCN=C(N(C)C)N(C)C)C1=O.I. The summed E-state index contributed by atoms with van der Waals surface area (Å²) in [5.41, 5.74) is -0.751. The van der Waals surface area contributed by atoms with Gasteiger partial charge in [-0.15, -0.1) is 24.0 Å². The predicted molar refractivity (Wildman–Crippen MR) is 98.6 cm³/mol. The molecule has 1 rings (SSSR count). The summed E-state index contributed by atoms with van der Waals surface area (Å²) in [5, 5.41) is 2.75. The van der Waals surface area contributed by atoms with E-state index < -0.39 is 5.54 Å². The van der Waals surface area contributed by atoms with E-state index in [9.17, 15) is 9.59 Å². The van der Waals surface area contributed by atoms with Gasteiger partial charge in [0.2, 0.25) is 0 Å². The molecule has 0 aromatic rings. The first-order valence-corrected chi connectivity index (χ1v) is 7.26. The van der Waals surface area contributed by atoms with Gasteiger partial charge in [0.15, 0.2) is 5.96 Å². The number of imide groups is 1. The van der Waals surface area contributed by atoms with Crippen LogP contribution in [0, 0.1) is 0 Å². The molecule has 1 aliphatic heterocycles. The number of carbonyl (C=O) groups excluding carboxylic acids is 2. The molecule has 1 N–H and O–H groups in total. The van der Waals surface area contributed by atoms with Crippen molar-refractivity contribution in [3.8, 4) is 0 Å². The lowest BCUT2D eigenvalue weighted by atomic mass is 9.99. The Morgan fingerprint density at radius 2 is 1.77 bits per heavy atom. The summed E-state index contributed by atoms with van der Waals surface area (Å²) in [6, 6.07) is -0.297. The molecule has 0 aliphatic carbocycles. The number of carbonyl (C=O) groups is 2. The molecule has 1 saturated heterocycles. The van der Waals surface area contributed by atoms with Gasteiger partial charge in [0.05, 0.1) is 0 Å². The average Bonchev–Trinajstić information content (AvgIpc) is 2.61. The van der Waals surface area contributed by atoms with E-state index >= 15 is 0 Å². The Balaban J connectivity index is 0.00000441. The number of amides is 3. The number of rotatable bonds is 5. The highest BCUT2D eigenvalue weighted by Gasteiger charge is 2.45. The maximum atomic E-state index is 12.2. The average molecular weight is 425 g/mol. The lowest BCUT2D eigenvalue weighted by molar-refractivity contribution is -0.130. The van der Waals surface area contributed by atoms with Crippen molar-refractivity contribution in [2.45, 2.75) is 32.2 Å². The molecule has 0 bridgehead atoms. The summed E-state index contributed by atoms with van der Waals surface area (Å²) >= 11 is 0. The second kappa shape index (κ2) is 8.54. The minimum absolute atomic E-state index is 0. The molecule has 128 valence electrons. The number of aliphatic imine (C=N–C) groups is 1. The van der Waals surface area contributed by atoms with Gasteiger partial charge in [-0.05, 0) is 19.8 Å². The minimum Gasteiger partial charge on any atom is -0.349 e. The van der Waals surface area contributed by atoms with Gasteiger partial charge in [-0.1, -0.05) is 6.92 Å². The standard InChI is InChI=1S/C14H27N5O2.HI/c1-7-14(2)11(20)19(13(21)16-14)10-8-9-15-12(17(3)4)18(5)6;/h7-10H2,1-6H3,(H,16,21);1H. The number of nitrogens with zero attached hydrogens (tertiary/aromatic N) is 4. The van der Waals surface area contributed by atoms with Gasteiger partial charge >= 0.3 is 6.03 Å². The van der Waals surface area contributed by atoms with Crippen LogP contribution in [0.15, 0.2) is 4.99 Å². The van der Waals surface area contributed by atoms with Crippen LogP contribution in [0.5, 0.6) is 0 Å². The van der Waals surface area contributed by atoms with Crippen molar-refractivity contribution in [1.29, 1.82) is 0 Å². The topological polar surface area (TPSA) is 68.2 Å². The van der Waals surface area contributed by atoms with Crippen molar-refractivity contribution in [3.05, 3.63) is 0 Å². The molecule has 22 heavy (non-hydrogen) atoms. The molecule has 0 aromatic carbocycles. The second-order valence-electron chi connectivity index (χ2n) is 5.90. The first-order valence-electron chi connectivity index (χ1n) is 7.26. The lowest BCUT2D eigenvalue weighted by Gasteiger charge is -2.23. The van der Waals surface area contributed by atoms with E-state index in [2.05, 4.69) is 10.3 Å². The fraction of sp³-hybridized carbons (Fsp3) is 0.786. The van der Waals surface area contributed by atoms with Gasteiger partial charge in [-0.3, -0.25) is 14.7 Å². The number of hydrogen-bond donors (Lipinski definition) is 1. The fourth-order valence-corrected chi connectivity index (χ4v) is 2.28. The highest BCUT2D eigenvalue weighted by atomic mass is 127. The van der Waals surface area contributed by atoms with E-state index in [1.807, 2.05) is 44.9 Å². The van der Waals surface area contributed by atoms with E-state index in [0.717, 1.165) is 5.96 Å². The highest BCUT2D eigenvalue weighted by Crippen LogP contribution is 2.20. The van der Waals surface area contributed by atoms with Gasteiger partial charge in [0.1, 0.15) is 5.54 Å². The quantitative estimate of drug-likeness (QED) is 0.236. The number of halogens is 1. The molecular weight excluding hydrogens is 397 g/mol. The maximum absolute atomic E-state index is 12.2. The number of guanidine groups is 1. The third-order valence-corrected chi connectivity index (χ3v) is 3.65. The van der Waals surface area contributed by atoms with E-state index in [-0.39, 0.29) is 35.9 Å². The summed E-state index contributed by atoms with van der Waals surface area (Å²) in [4.78, 5) is 33.7. The largest absolute Gasteiger partial charge is 0.349 e. The summed E-state index contributed by atoms with van der Waals surface area (Å²) in [6.45, 7) is 4.64. The molecule has 7 nitrogen and oxygen atoms in total. The first-order chi connectivity index (χ1) is 9.73. The normalized spacial score (nSPS) is 20.4. The van der Waals surface area contributed by atoms with Crippen molar-refractivity contribution < 1.29 is 9.59 Å². The van der Waals surface area contributed by atoms with E-state index in [1.165, 1.54) is 4.90 Å². The molecule has 1 atom stereocenters. The number of urea groups is 1. The Hall–Kier alpha value is -1.06. The van der Waals surface area contributed by atoms with Crippen LogP contribution in [0.3, 0.4) is 0 Å². The molecule has 0 radical (unpaired) electrons. The zero-order valence-corrected chi connectivity index (χ0v) is 16.7. The van der Waals surface area contributed by atoms with Crippen molar-refractivity contribution >= 4 is 41.9 Å². The van der Waals surface area contributed by atoms with Gasteiger partial charge in [-0.25, -0.2) is 4.79 Å². The summed E-state index contributed by atoms with van der Waals surface area (Å²) in [6.07, 6.45) is 1.25. The van der Waals surface area contributed by atoms with Crippen LogP contribution < -0.4 is 5.32 Å². The summed E-state index contributed by atoms with van der Waals surface area (Å²) in [7, 11) is 7.73. The molecule has 1 aliphatic rings. The molecular formula is C14H28IN5O2. The van der Waals surface area contributed by atoms with Gasteiger partial charge < -0.3 is 15.1 Å². The van der Waals surface area contributed by atoms with Crippen LogP contribution in [-0.2, 0) is 4.79 Å². The van der Waals surface area contributed by atoms with Crippen molar-refractivity contribution in [2.24, 2.45) is 4.99 Å². The Morgan fingerprint density at radius 3 is 2.18 bits per heavy atom.